The Morgan fingerprint density at radius 1 is 1.26 bits per heavy atom. The third kappa shape index (κ3) is 2.21. The van der Waals surface area contributed by atoms with Crippen LogP contribution in [0.15, 0.2) is 16.6 Å². The van der Waals surface area contributed by atoms with Crippen molar-refractivity contribution in [3.8, 4) is 0 Å². The smallest absolute Gasteiger partial charge is 0.310 e. The number of carbonyl (C=O) groups excluding carboxylic acids is 2. The number of amides is 1. The fourth-order valence-corrected chi connectivity index (χ4v) is 5.96. The van der Waals surface area contributed by atoms with Crippen molar-refractivity contribution in [3.05, 3.63) is 27.7 Å². The lowest BCUT2D eigenvalue weighted by Crippen LogP contribution is -2.40. The second kappa shape index (κ2) is 5.31. The Morgan fingerprint density at radius 3 is 2.74 bits per heavy atom. The molecule has 1 saturated heterocycles. The van der Waals surface area contributed by atoms with Crippen LogP contribution in [0.1, 0.15) is 17.5 Å². The van der Waals surface area contributed by atoms with Crippen LogP contribution >= 0.6 is 31.9 Å². The summed E-state index contributed by atoms with van der Waals surface area (Å²) >= 11 is 7.14. The fourth-order valence-electron chi connectivity index (χ4n) is 4.46. The molecule has 1 aromatic carbocycles. The molecule has 6 heteroatoms. The molecule has 1 amide bonds. The van der Waals surface area contributed by atoms with Crippen LogP contribution < -0.4 is 5.32 Å². The van der Waals surface area contributed by atoms with Gasteiger partial charge in [0.2, 0.25) is 5.91 Å². The van der Waals surface area contributed by atoms with Crippen LogP contribution in [-0.4, -0.2) is 22.8 Å². The first-order chi connectivity index (χ1) is 10.9. The number of hydrogen-bond donors (Lipinski definition) is 1. The van der Waals surface area contributed by atoms with Crippen molar-refractivity contribution in [2.24, 2.45) is 23.7 Å². The van der Waals surface area contributed by atoms with Crippen LogP contribution in [0, 0.1) is 37.5 Å². The second-order valence-electron chi connectivity index (χ2n) is 6.87. The summed E-state index contributed by atoms with van der Waals surface area (Å²) in [5.41, 5.74) is 2.88. The Morgan fingerprint density at radius 2 is 2.00 bits per heavy atom. The molecule has 0 unspecified atom stereocenters. The minimum Gasteiger partial charge on any atom is -0.461 e. The van der Waals surface area contributed by atoms with Gasteiger partial charge in [-0.15, -0.1) is 0 Å². The summed E-state index contributed by atoms with van der Waals surface area (Å²) in [6, 6.07) is 3.96. The number of alkyl halides is 1. The van der Waals surface area contributed by atoms with E-state index in [1.165, 1.54) is 0 Å². The zero-order valence-corrected chi connectivity index (χ0v) is 16.0. The maximum absolute atomic E-state index is 12.9. The lowest BCUT2D eigenvalue weighted by Gasteiger charge is -2.27. The molecule has 2 bridgehead atoms. The van der Waals surface area contributed by atoms with Crippen LogP contribution in [0.2, 0.25) is 0 Å². The third-order valence-corrected chi connectivity index (χ3v) is 7.64. The Balaban J connectivity index is 1.61. The summed E-state index contributed by atoms with van der Waals surface area (Å²) in [5.74, 6) is -0.448. The fraction of sp³-hybridized carbons (Fsp3) is 0.529. The molecule has 4 rings (SSSR count). The standard InChI is InChI=1S/C17H17Br2NO3/c1-6-4-11(7(2)3-10(6)18)20-16(21)12-8-5-9-13(12)17(22)23-15(9)14(8)19/h3-4,8-9,12-15H,5H2,1-2H3,(H,20,21)/t8-,9+,12+,13-,14+,15-/m0/s1. The van der Waals surface area contributed by atoms with Gasteiger partial charge in [0, 0.05) is 16.1 Å². The molecule has 1 aliphatic heterocycles. The molecule has 1 heterocycles. The van der Waals surface area contributed by atoms with Crippen molar-refractivity contribution in [2.45, 2.75) is 31.2 Å². The van der Waals surface area contributed by atoms with E-state index in [1.54, 1.807) is 0 Å². The van der Waals surface area contributed by atoms with Crippen LogP contribution in [0.3, 0.4) is 0 Å². The van der Waals surface area contributed by atoms with E-state index in [1.807, 2.05) is 26.0 Å². The third-order valence-electron chi connectivity index (χ3n) is 5.59. The first-order valence-corrected chi connectivity index (χ1v) is 9.51. The quantitative estimate of drug-likeness (QED) is 0.562. The van der Waals surface area contributed by atoms with Gasteiger partial charge >= 0.3 is 5.97 Å². The van der Waals surface area contributed by atoms with Crippen molar-refractivity contribution in [2.75, 3.05) is 5.32 Å². The Hall–Kier alpha value is -0.880. The first kappa shape index (κ1) is 15.6. The Kier molecular flexibility index (Phi) is 3.61. The highest BCUT2D eigenvalue weighted by Crippen LogP contribution is 2.60. The summed E-state index contributed by atoms with van der Waals surface area (Å²) in [6.45, 7) is 3.96. The highest BCUT2D eigenvalue weighted by Gasteiger charge is 2.67. The summed E-state index contributed by atoms with van der Waals surface area (Å²) in [4.78, 5) is 25.1. The van der Waals surface area contributed by atoms with E-state index in [4.69, 9.17) is 4.74 Å². The Bertz CT molecular complexity index is 720. The number of ether oxygens (including phenoxy) is 1. The normalized spacial score (nSPS) is 37.1. The van der Waals surface area contributed by atoms with E-state index in [0.717, 1.165) is 27.7 Å². The average Bonchev–Trinajstić information content (AvgIpc) is 3.08. The number of anilines is 1. The van der Waals surface area contributed by atoms with E-state index >= 15 is 0 Å². The van der Waals surface area contributed by atoms with Crippen LogP contribution in [0.25, 0.3) is 0 Å². The van der Waals surface area contributed by atoms with E-state index in [-0.39, 0.29) is 46.5 Å². The molecule has 1 N–H and O–H groups in total. The van der Waals surface area contributed by atoms with Gasteiger partial charge in [0.25, 0.3) is 0 Å². The van der Waals surface area contributed by atoms with Gasteiger partial charge in [-0.05, 0) is 49.4 Å². The van der Waals surface area contributed by atoms with Gasteiger partial charge < -0.3 is 10.1 Å². The largest absolute Gasteiger partial charge is 0.461 e. The zero-order chi connectivity index (χ0) is 16.5. The van der Waals surface area contributed by atoms with Gasteiger partial charge in [-0.2, -0.15) is 0 Å². The van der Waals surface area contributed by atoms with Crippen LogP contribution in [0.4, 0.5) is 5.69 Å². The van der Waals surface area contributed by atoms with Crippen LogP contribution in [0.5, 0.6) is 0 Å². The molecule has 0 radical (unpaired) electrons. The number of aryl methyl sites for hydroxylation is 2. The molecular weight excluding hydrogens is 426 g/mol. The maximum Gasteiger partial charge on any atom is 0.310 e. The number of benzene rings is 1. The highest BCUT2D eigenvalue weighted by molar-refractivity contribution is 9.10. The van der Waals surface area contributed by atoms with Crippen molar-refractivity contribution in [3.63, 3.8) is 0 Å². The minimum atomic E-state index is -0.293. The predicted molar refractivity (Wildman–Crippen MR) is 93.4 cm³/mol. The SMILES string of the molecule is Cc1cc(NC(=O)[C@@H]2[C@@H]3C[C@H]4[C@H](OC(=O)[C@@H]42)[C@@H]3Br)c(C)cc1Br. The van der Waals surface area contributed by atoms with Crippen LogP contribution in [-0.2, 0) is 14.3 Å². The number of hydrogen-bond acceptors (Lipinski definition) is 3. The topological polar surface area (TPSA) is 55.4 Å². The van der Waals surface area contributed by atoms with Gasteiger partial charge in [0.15, 0.2) is 0 Å². The number of fused-ring (bicyclic) bond motifs is 1. The molecule has 0 aromatic heterocycles. The van der Waals surface area contributed by atoms with Crippen molar-refractivity contribution >= 4 is 49.4 Å². The lowest BCUT2D eigenvalue weighted by molar-refractivity contribution is -0.145. The van der Waals surface area contributed by atoms with E-state index in [9.17, 15) is 9.59 Å². The Labute approximate surface area is 151 Å². The van der Waals surface area contributed by atoms with E-state index in [0.29, 0.717) is 0 Å². The molecule has 4 nitrogen and oxygen atoms in total. The van der Waals surface area contributed by atoms with Gasteiger partial charge in [0.1, 0.15) is 6.10 Å². The number of rotatable bonds is 2. The number of carbonyl (C=O) groups is 2. The van der Waals surface area contributed by atoms with E-state index < -0.39 is 0 Å². The second-order valence-corrected chi connectivity index (χ2v) is 8.78. The van der Waals surface area contributed by atoms with Gasteiger partial charge in [-0.1, -0.05) is 31.9 Å². The molecular formula is C17H17Br2NO3. The van der Waals surface area contributed by atoms with E-state index in [2.05, 4.69) is 37.2 Å². The first-order valence-electron chi connectivity index (χ1n) is 7.80. The van der Waals surface area contributed by atoms with Crippen molar-refractivity contribution < 1.29 is 14.3 Å². The molecule has 2 aliphatic carbocycles. The molecule has 122 valence electrons. The monoisotopic (exact) mass is 441 g/mol. The lowest BCUT2D eigenvalue weighted by atomic mass is 9.79. The minimum absolute atomic E-state index is 0.0433. The average molecular weight is 443 g/mol. The molecule has 2 saturated carbocycles. The van der Waals surface area contributed by atoms with Gasteiger partial charge in [-0.3, -0.25) is 9.59 Å². The molecule has 3 fully saturated rings. The molecule has 1 aromatic rings. The van der Waals surface area contributed by atoms with Gasteiger partial charge in [-0.25, -0.2) is 0 Å². The molecule has 0 spiro atoms. The summed E-state index contributed by atoms with van der Waals surface area (Å²) in [6.07, 6.45) is 0.853. The molecule has 3 aliphatic rings. The summed E-state index contributed by atoms with van der Waals surface area (Å²) in [7, 11) is 0. The van der Waals surface area contributed by atoms with Crippen molar-refractivity contribution in [1.29, 1.82) is 0 Å². The number of esters is 1. The van der Waals surface area contributed by atoms with Crippen molar-refractivity contribution in [1.82, 2.24) is 0 Å². The van der Waals surface area contributed by atoms with Gasteiger partial charge in [0.05, 0.1) is 16.7 Å². The number of halogens is 2. The summed E-state index contributed by atoms with van der Waals surface area (Å²) < 4.78 is 6.49. The predicted octanol–water partition coefficient (Wildman–Crippen LogP) is 3.58. The highest BCUT2D eigenvalue weighted by atomic mass is 79.9. The summed E-state index contributed by atoms with van der Waals surface area (Å²) in [5, 5.41) is 3.04. The zero-order valence-electron chi connectivity index (χ0n) is 12.8. The maximum atomic E-state index is 12.9. The number of nitrogens with one attached hydrogen (secondary N) is 1. The molecule has 6 atom stereocenters. The molecule has 23 heavy (non-hydrogen) atoms.